The Labute approximate surface area is 121 Å². The van der Waals surface area contributed by atoms with Crippen molar-refractivity contribution in [2.75, 3.05) is 10.7 Å². The average Bonchev–Trinajstić information content (AvgIpc) is 2.64. The number of nitrogen functional groups attached to an aromatic ring is 1. The topological polar surface area (TPSA) is 75.9 Å². The van der Waals surface area contributed by atoms with Gasteiger partial charge in [-0.15, -0.1) is 0 Å². The number of nitrogens with one attached hydrogen (secondary N) is 2. The highest BCUT2D eigenvalue weighted by atomic mass is 15.3. The molecule has 0 saturated heterocycles. The molecule has 0 bridgehead atoms. The Morgan fingerprint density at radius 2 is 1.85 bits per heavy atom. The zero-order valence-electron chi connectivity index (χ0n) is 12.8. The van der Waals surface area contributed by atoms with Gasteiger partial charge in [0.2, 0.25) is 0 Å². The summed E-state index contributed by atoms with van der Waals surface area (Å²) in [6.45, 7) is 6.51. The van der Waals surface area contributed by atoms with Gasteiger partial charge in [0, 0.05) is 18.0 Å². The van der Waals surface area contributed by atoms with Crippen molar-refractivity contribution in [1.29, 1.82) is 0 Å². The lowest BCUT2D eigenvalue weighted by Crippen LogP contribution is -2.27. The highest BCUT2D eigenvalue weighted by molar-refractivity contribution is 5.47. The quantitative estimate of drug-likeness (QED) is 0.447. The molecule has 1 aliphatic rings. The van der Waals surface area contributed by atoms with Crippen molar-refractivity contribution in [3.8, 4) is 0 Å². The minimum Gasteiger partial charge on any atom is -0.367 e. The van der Waals surface area contributed by atoms with Crippen LogP contribution in [0.1, 0.15) is 64.6 Å². The molecular weight excluding hydrogens is 250 g/mol. The Kier molecular flexibility index (Phi) is 5.17. The molecule has 2 rings (SSSR count). The molecule has 1 aromatic rings. The smallest absolute Gasteiger partial charge is 0.145 e. The predicted octanol–water partition coefficient (Wildman–Crippen LogP) is 3.27. The maximum atomic E-state index is 5.51. The molecule has 1 aromatic heterocycles. The predicted molar refractivity (Wildman–Crippen MR) is 83.6 cm³/mol. The first-order chi connectivity index (χ1) is 9.60. The molecule has 0 spiro atoms. The average molecular weight is 277 g/mol. The van der Waals surface area contributed by atoms with Crippen LogP contribution in [0.25, 0.3) is 0 Å². The summed E-state index contributed by atoms with van der Waals surface area (Å²) in [6.07, 6.45) is 6.50. The van der Waals surface area contributed by atoms with E-state index >= 15 is 0 Å². The Morgan fingerprint density at radius 3 is 2.55 bits per heavy atom. The van der Waals surface area contributed by atoms with Gasteiger partial charge in [-0.05, 0) is 18.8 Å². The monoisotopic (exact) mass is 277 g/mol. The third-order valence-corrected chi connectivity index (χ3v) is 4.10. The van der Waals surface area contributed by atoms with Crippen LogP contribution in [-0.4, -0.2) is 16.0 Å². The Balaban J connectivity index is 2.16. The van der Waals surface area contributed by atoms with E-state index in [0.29, 0.717) is 17.8 Å². The lowest BCUT2D eigenvalue weighted by molar-refractivity contribution is 0.455. The molecule has 0 amide bonds. The van der Waals surface area contributed by atoms with Crippen molar-refractivity contribution in [3.05, 3.63) is 11.9 Å². The van der Waals surface area contributed by atoms with Crippen LogP contribution in [0.5, 0.6) is 0 Å². The largest absolute Gasteiger partial charge is 0.367 e. The minimum atomic E-state index is 0.287. The van der Waals surface area contributed by atoms with E-state index in [-0.39, 0.29) is 5.92 Å². The first-order valence-corrected chi connectivity index (χ1v) is 7.72. The van der Waals surface area contributed by atoms with Crippen LogP contribution in [0.4, 0.5) is 11.6 Å². The molecule has 2 unspecified atom stereocenters. The van der Waals surface area contributed by atoms with E-state index < -0.39 is 0 Å². The van der Waals surface area contributed by atoms with Crippen LogP contribution in [-0.2, 0) is 0 Å². The number of hydrogen-bond acceptors (Lipinski definition) is 5. The molecule has 1 heterocycles. The maximum absolute atomic E-state index is 5.51. The summed E-state index contributed by atoms with van der Waals surface area (Å²) in [5.74, 6) is 8.86. The van der Waals surface area contributed by atoms with E-state index in [0.717, 1.165) is 11.6 Å². The zero-order chi connectivity index (χ0) is 14.5. The Hall–Kier alpha value is -1.36. The number of aromatic nitrogens is 2. The van der Waals surface area contributed by atoms with Crippen LogP contribution in [0.3, 0.4) is 0 Å². The standard InChI is InChI=1S/C15H27N5/c1-10(2)15-18-13(9-14(19-15)20-16)17-12-8-6-4-5-7-11(12)3/h9-12H,4-8,16H2,1-3H3,(H2,17,18,19,20). The van der Waals surface area contributed by atoms with Crippen LogP contribution in [0.2, 0.25) is 0 Å². The molecule has 4 N–H and O–H groups in total. The fraction of sp³-hybridized carbons (Fsp3) is 0.733. The molecular formula is C15H27N5. The van der Waals surface area contributed by atoms with Crippen molar-refractivity contribution in [1.82, 2.24) is 9.97 Å². The summed E-state index contributed by atoms with van der Waals surface area (Å²) in [4.78, 5) is 9.02. The van der Waals surface area contributed by atoms with Crippen molar-refractivity contribution >= 4 is 11.6 Å². The number of hydrogen-bond donors (Lipinski definition) is 3. The van der Waals surface area contributed by atoms with Gasteiger partial charge in [-0.1, -0.05) is 40.0 Å². The number of hydrazine groups is 1. The molecule has 1 saturated carbocycles. The normalized spacial score (nSPS) is 23.4. The molecule has 5 nitrogen and oxygen atoms in total. The van der Waals surface area contributed by atoms with Crippen LogP contribution < -0.4 is 16.6 Å². The van der Waals surface area contributed by atoms with Gasteiger partial charge in [-0.25, -0.2) is 15.8 Å². The summed E-state index contributed by atoms with van der Waals surface area (Å²) in [6, 6.07) is 2.39. The van der Waals surface area contributed by atoms with Gasteiger partial charge in [0.05, 0.1) is 0 Å². The summed E-state index contributed by atoms with van der Waals surface area (Å²) in [7, 11) is 0. The molecule has 0 aliphatic heterocycles. The molecule has 2 atom stereocenters. The van der Waals surface area contributed by atoms with Crippen molar-refractivity contribution < 1.29 is 0 Å². The minimum absolute atomic E-state index is 0.287. The fourth-order valence-corrected chi connectivity index (χ4v) is 2.77. The summed E-state index contributed by atoms with van der Waals surface area (Å²) in [5.41, 5.74) is 2.63. The van der Waals surface area contributed by atoms with Crippen molar-refractivity contribution in [3.63, 3.8) is 0 Å². The third-order valence-electron chi connectivity index (χ3n) is 4.10. The highest BCUT2D eigenvalue weighted by Crippen LogP contribution is 2.26. The van der Waals surface area contributed by atoms with E-state index in [4.69, 9.17) is 5.84 Å². The van der Waals surface area contributed by atoms with Gasteiger partial charge in [-0.3, -0.25) is 0 Å². The van der Waals surface area contributed by atoms with Gasteiger partial charge in [0.25, 0.3) is 0 Å². The van der Waals surface area contributed by atoms with Gasteiger partial charge in [0.15, 0.2) is 0 Å². The van der Waals surface area contributed by atoms with E-state index in [1.807, 2.05) is 6.07 Å². The highest BCUT2D eigenvalue weighted by Gasteiger charge is 2.20. The first-order valence-electron chi connectivity index (χ1n) is 7.72. The first kappa shape index (κ1) is 15.0. The summed E-state index contributed by atoms with van der Waals surface area (Å²) < 4.78 is 0. The number of nitrogens with two attached hydrogens (primary N) is 1. The zero-order valence-corrected chi connectivity index (χ0v) is 12.8. The molecule has 5 heteroatoms. The molecule has 20 heavy (non-hydrogen) atoms. The lowest BCUT2D eigenvalue weighted by atomic mass is 9.97. The SMILES string of the molecule is CC(C)c1nc(NN)cc(NC2CCCCCC2C)n1. The Bertz CT molecular complexity index is 432. The molecule has 1 aliphatic carbocycles. The number of nitrogens with zero attached hydrogens (tertiary/aromatic N) is 2. The second-order valence-corrected chi connectivity index (χ2v) is 6.16. The number of anilines is 2. The maximum Gasteiger partial charge on any atom is 0.145 e. The molecule has 0 radical (unpaired) electrons. The second-order valence-electron chi connectivity index (χ2n) is 6.16. The van der Waals surface area contributed by atoms with E-state index in [9.17, 15) is 0 Å². The molecule has 112 valence electrons. The van der Waals surface area contributed by atoms with E-state index in [1.54, 1.807) is 0 Å². The van der Waals surface area contributed by atoms with Crippen LogP contribution in [0.15, 0.2) is 6.07 Å². The van der Waals surface area contributed by atoms with Crippen LogP contribution in [0, 0.1) is 5.92 Å². The summed E-state index contributed by atoms with van der Waals surface area (Å²) >= 11 is 0. The van der Waals surface area contributed by atoms with E-state index in [2.05, 4.69) is 41.5 Å². The van der Waals surface area contributed by atoms with Crippen LogP contribution >= 0.6 is 0 Å². The molecule has 0 aromatic carbocycles. The fourth-order valence-electron chi connectivity index (χ4n) is 2.77. The Morgan fingerprint density at radius 1 is 1.15 bits per heavy atom. The van der Waals surface area contributed by atoms with Gasteiger partial charge < -0.3 is 10.7 Å². The van der Waals surface area contributed by atoms with Crippen molar-refractivity contribution in [2.45, 2.75) is 64.8 Å². The van der Waals surface area contributed by atoms with Gasteiger partial charge in [0.1, 0.15) is 17.5 Å². The van der Waals surface area contributed by atoms with E-state index in [1.165, 1.54) is 32.1 Å². The number of rotatable bonds is 4. The van der Waals surface area contributed by atoms with Gasteiger partial charge >= 0.3 is 0 Å². The summed E-state index contributed by atoms with van der Waals surface area (Å²) in [5, 5.41) is 3.59. The second kappa shape index (κ2) is 6.88. The molecule has 1 fully saturated rings. The van der Waals surface area contributed by atoms with Crippen molar-refractivity contribution in [2.24, 2.45) is 11.8 Å². The van der Waals surface area contributed by atoms with Gasteiger partial charge in [-0.2, -0.15) is 0 Å². The third kappa shape index (κ3) is 3.82. The lowest BCUT2D eigenvalue weighted by Gasteiger charge is -2.24.